The standard InChI is InChI=1S/C11H11N7O.2ClH/c12-3-5-18-7-9(15-17-18)11-14-10(16-19-11)8-2-1-4-13-6-8;;/h1-2,4,6-7H,3,5,12H2;2*1H. The minimum Gasteiger partial charge on any atom is -0.332 e. The molecule has 0 aliphatic heterocycles. The van der Waals surface area contributed by atoms with E-state index in [1.165, 1.54) is 0 Å². The van der Waals surface area contributed by atoms with Crippen molar-refractivity contribution in [3.05, 3.63) is 30.7 Å². The number of nitrogens with zero attached hydrogens (tertiary/aromatic N) is 6. The van der Waals surface area contributed by atoms with E-state index in [0.29, 0.717) is 30.5 Å². The number of rotatable bonds is 4. The van der Waals surface area contributed by atoms with Crippen LogP contribution in [-0.2, 0) is 6.54 Å². The second-order valence-electron chi connectivity index (χ2n) is 3.82. The Morgan fingerprint density at radius 1 is 1.29 bits per heavy atom. The first-order valence-electron chi connectivity index (χ1n) is 5.71. The van der Waals surface area contributed by atoms with Crippen LogP contribution in [0.2, 0.25) is 0 Å². The summed E-state index contributed by atoms with van der Waals surface area (Å²) in [7, 11) is 0. The van der Waals surface area contributed by atoms with Gasteiger partial charge in [-0.2, -0.15) is 4.98 Å². The zero-order valence-electron chi connectivity index (χ0n) is 10.8. The van der Waals surface area contributed by atoms with Gasteiger partial charge < -0.3 is 10.3 Å². The average Bonchev–Trinajstić information content (AvgIpc) is 3.08. The van der Waals surface area contributed by atoms with Crippen molar-refractivity contribution in [1.82, 2.24) is 30.1 Å². The van der Waals surface area contributed by atoms with E-state index in [4.69, 9.17) is 10.3 Å². The molecule has 0 spiro atoms. The Hall–Kier alpha value is -2.03. The fraction of sp³-hybridized carbons (Fsp3) is 0.182. The summed E-state index contributed by atoms with van der Waals surface area (Å²) in [6.07, 6.45) is 5.07. The second kappa shape index (κ2) is 7.67. The molecule has 3 aromatic rings. The van der Waals surface area contributed by atoms with Crippen LogP contribution in [0.5, 0.6) is 0 Å². The molecule has 3 heterocycles. The number of hydrogen-bond donors (Lipinski definition) is 1. The van der Waals surface area contributed by atoms with E-state index in [1.54, 1.807) is 23.3 Å². The molecular formula is C11H13Cl2N7O. The van der Waals surface area contributed by atoms with Crippen LogP contribution >= 0.6 is 24.8 Å². The Morgan fingerprint density at radius 3 is 2.86 bits per heavy atom. The maximum absolute atomic E-state index is 5.44. The lowest BCUT2D eigenvalue weighted by atomic mass is 10.3. The molecule has 0 saturated carbocycles. The summed E-state index contributed by atoms with van der Waals surface area (Å²) < 4.78 is 6.79. The molecular weight excluding hydrogens is 317 g/mol. The van der Waals surface area contributed by atoms with Crippen molar-refractivity contribution in [3.8, 4) is 23.0 Å². The van der Waals surface area contributed by atoms with Gasteiger partial charge in [0, 0.05) is 24.5 Å². The molecule has 0 amide bonds. The van der Waals surface area contributed by atoms with Gasteiger partial charge in [-0.15, -0.1) is 29.9 Å². The number of nitrogens with two attached hydrogens (primary N) is 1. The van der Waals surface area contributed by atoms with Crippen molar-refractivity contribution in [1.29, 1.82) is 0 Å². The number of aromatic nitrogens is 6. The first-order valence-corrected chi connectivity index (χ1v) is 5.71. The molecule has 0 saturated heterocycles. The van der Waals surface area contributed by atoms with E-state index < -0.39 is 0 Å². The van der Waals surface area contributed by atoms with Crippen LogP contribution in [0.25, 0.3) is 23.0 Å². The summed E-state index contributed by atoms with van der Waals surface area (Å²) in [5, 5.41) is 11.8. The Labute approximate surface area is 132 Å². The molecule has 21 heavy (non-hydrogen) atoms. The Morgan fingerprint density at radius 2 is 2.14 bits per heavy atom. The molecule has 0 aromatic carbocycles. The van der Waals surface area contributed by atoms with E-state index in [2.05, 4.69) is 25.4 Å². The van der Waals surface area contributed by atoms with Crippen molar-refractivity contribution in [2.75, 3.05) is 6.54 Å². The molecule has 3 aromatic heterocycles. The van der Waals surface area contributed by atoms with Crippen LogP contribution < -0.4 is 5.73 Å². The molecule has 2 N–H and O–H groups in total. The van der Waals surface area contributed by atoms with Gasteiger partial charge in [-0.1, -0.05) is 10.4 Å². The van der Waals surface area contributed by atoms with Crippen LogP contribution in [0.15, 0.2) is 35.2 Å². The van der Waals surface area contributed by atoms with Gasteiger partial charge in [-0.3, -0.25) is 9.67 Å². The van der Waals surface area contributed by atoms with Crippen LogP contribution in [0.4, 0.5) is 0 Å². The highest BCUT2D eigenvalue weighted by Gasteiger charge is 2.13. The minimum absolute atomic E-state index is 0. The fourth-order valence-electron chi connectivity index (χ4n) is 1.58. The van der Waals surface area contributed by atoms with Gasteiger partial charge in [-0.05, 0) is 12.1 Å². The molecule has 0 aliphatic rings. The third-order valence-electron chi connectivity index (χ3n) is 2.46. The van der Waals surface area contributed by atoms with Crippen LogP contribution in [-0.4, -0.2) is 36.7 Å². The van der Waals surface area contributed by atoms with Crippen molar-refractivity contribution < 1.29 is 4.52 Å². The van der Waals surface area contributed by atoms with Gasteiger partial charge in [0.1, 0.15) is 0 Å². The smallest absolute Gasteiger partial charge is 0.280 e. The number of pyridine rings is 1. The van der Waals surface area contributed by atoms with Gasteiger partial charge >= 0.3 is 0 Å². The minimum atomic E-state index is 0. The average molecular weight is 330 g/mol. The van der Waals surface area contributed by atoms with Crippen LogP contribution in [0.1, 0.15) is 0 Å². The van der Waals surface area contributed by atoms with E-state index >= 15 is 0 Å². The summed E-state index contributed by atoms with van der Waals surface area (Å²) in [4.78, 5) is 8.26. The molecule has 0 radical (unpaired) electrons. The van der Waals surface area contributed by atoms with Crippen molar-refractivity contribution in [2.24, 2.45) is 5.73 Å². The van der Waals surface area contributed by atoms with Crippen molar-refractivity contribution in [3.63, 3.8) is 0 Å². The zero-order valence-corrected chi connectivity index (χ0v) is 12.4. The molecule has 3 rings (SSSR count). The highest BCUT2D eigenvalue weighted by atomic mass is 35.5. The Bertz CT molecular complexity index is 670. The van der Waals surface area contributed by atoms with E-state index in [0.717, 1.165) is 5.56 Å². The predicted octanol–water partition coefficient (Wildman–Crippen LogP) is 1.19. The van der Waals surface area contributed by atoms with Crippen LogP contribution in [0, 0.1) is 0 Å². The van der Waals surface area contributed by atoms with Gasteiger partial charge in [-0.25, -0.2) is 0 Å². The summed E-state index contributed by atoms with van der Waals surface area (Å²) >= 11 is 0. The van der Waals surface area contributed by atoms with E-state index in [9.17, 15) is 0 Å². The summed E-state index contributed by atoms with van der Waals surface area (Å²) in [6, 6.07) is 3.66. The largest absolute Gasteiger partial charge is 0.332 e. The quantitative estimate of drug-likeness (QED) is 0.765. The van der Waals surface area contributed by atoms with E-state index in [1.807, 2.05) is 12.1 Å². The third kappa shape index (κ3) is 3.75. The monoisotopic (exact) mass is 329 g/mol. The molecule has 0 aliphatic carbocycles. The topological polar surface area (TPSA) is 109 Å². The normalized spacial score (nSPS) is 9.76. The number of halogens is 2. The molecule has 112 valence electrons. The predicted molar refractivity (Wildman–Crippen MR) is 80.1 cm³/mol. The summed E-state index contributed by atoms with van der Waals surface area (Å²) in [5.74, 6) is 0.790. The number of hydrogen-bond acceptors (Lipinski definition) is 7. The maximum Gasteiger partial charge on any atom is 0.280 e. The van der Waals surface area contributed by atoms with Crippen molar-refractivity contribution in [2.45, 2.75) is 6.54 Å². The van der Waals surface area contributed by atoms with Gasteiger partial charge in [0.15, 0.2) is 5.69 Å². The third-order valence-corrected chi connectivity index (χ3v) is 2.46. The highest BCUT2D eigenvalue weighted by Crippen LogP contribution is 2.19. The zero-order chi connectivity index (χ0) is 13.1. The molecule has 0 fully saturated rings. The van der Waals surface area contributed by atoms with Gasteiger partial charge in [0.25, 0.3) is 5.89 Å². The fourth-order valence-corrected chi connectivity index (χ4v) is 1.58. The first kappa shape index (κ1) is 17.0. The lowest BCUT2D eigenvalue weighted by Crippen LogP contribution is -2.10. The van der Waals surface area contributed by atoms with Gasteiger partial charge in [0.2, 0.25) is 5.82 Å². The Kier molecular flexibility index (Phi) is 6.22. The SMILES string of the molecule is Cl.Cl.NCCn1cc(-c2nc(-c3cccnc3)no2)nn1. The first-order chi connectivity index (χ1) is 9.36. The maximum atomic E-state index is 5.44. The van der Waals surface area contributed by atoms with Crippen LogP contribution in [0.3, 0.4) is 0 Å². The molecule has 0 atom stereocenters. The van der Waals surface area contributed by atoms with Gasteiger partial charge in [0.05, 0.1) is 12.7 Å². The molecule has 10 heteroatoms. The highest BCUT2D eigenvalue weighted by molar-refractivity contribution is 5.85. The lowest BCUT2D eigenvalue weighted by molar-refractivity contribution is 0.431. The lowest BCUT2D eigenvalue weighted by Gasteiger charge is -1.91. The van der Waals surface area contributed by atoms with E-state index in [-0.39, 0.29) is 24.8 Å². The molecule has 0 bridgehead atoms. The Balaban J connectivity index is 0.00000110. The second-order valence-corrected chi connectivity index (χ2v) is 3.82. The molecule has 0 unspecified atom stereocenters. The molecule has 8 nitrogen and oxygen atoms in total. The summed E-state index contributed by atoms with van der Waals surface area (Å²) in [5.41, 5.74) is 6.75. The summed E-state index contributed by atoms with van der Waals surface area (Å²) in [6.45, 7) is 1.09. The van der Waals surface area contributed by atoms with Crippen molar-refractivity contribution >= 4 is 24.8 Å².